The number of urea groups is 1. The van der Waals surface area contributed by atoms with Crippen molar-refractivity contribution in [1.29, 1.82) is 0 Å². The second kappa shape index (κ2) is 6.84. The summed E-state index contributed by atoms with van der Waals surface area (Å²) in [4.78, 5) is 14.1. The number of carbonyl (C=O) groups is 1. The highest BCUT2D eigenvalue weighted by atomic mass is 16.2. The van der Waals surface area contributed by atoms with Gasteiger partial charge in [-0.3, -0.25) is 0 Å². The summed E-state index contributed by atoms with van der Waals surface area (Å²) in [5.74, 6) is 0. The molecule has 4 nitrogen and oxygen atoms in total. The van der Waals surface area contributed by atoms with E-state index in [2.05, 4.69) is 12.2 Å². The van der Waals surface area contributed by atoms with Crippen LogP contribution in [0.15, 0.2) is 0 Å². The van der Waals surface area contributed by atoms with E-state index in [-0.39, 0.29) is 11.6 Å². The Hall–Kier alpha value is -0.770. The van der Waals surface area contributed by atoms with Gasteiger partial charge < -0.3 is 16.0 Å². The van der Waals surface area contributed by atoms with Gasteiger partial charge in [-0.1, -0.05) is 26.2 Å². The molecule has 0 unspecified atom stereocenters. The second-order valence-corrected chi connectivity index (χ2v) is 4.97. The van der Waals surface area contributed by atoms with Crippen molar-refractivity contribution in [3.63, 3.8) is 0 Å². The Labute approximate surface area is 105 Å². The third-order valence-electron chi connectivity index (χ3n) is 3.85. The maximum Gasteiger partial charge on any atom is 0.317 e. The van der Waals surface area contributed by atoms with Crippen molar-refractivity contribution in [2.75, 3.05) is 19.6 Å². The van der Waals surface area contributed by atoms with Crippen LogP contribution in [0.3, 0.4) is 0 Å². The van der Waals surface area contributed by atoms with Crippen molar-refractivity contribution >= 4 is 6.03 Å². The van der Waals surface area contributed by atoms with Crippen LogP contribution in [0.5, 0.6) is 0 Å². The lowest BCUT2D eigenvalue weighted by atomic mass is 9.95. The van der Waals surface area contributed by atoms with E-state index in [1.807, 2.05) is 11.8 Å². The van der Waals surface area contributed by atoms with Gasteiger partial charge >= 0.3 is 6.03 Å². The molecule has 1 rings (SSSR count). The Morgan fingerprint density at radius 2 is 2.00 bits per heavy atom. The predicted molar refractivity (Wildman–Crippen MR) is 70.9 cm³/mol. The summed E-state index contributed by atoms with van der Waals surface area (Å²) in [5, 5.41) is 3.00. The lowest BCUT2D eigenvalue weighted by Crippen LogP contribution is -2.57. The minimum absolute atomic E-state index is 0.0632. The third kappa shape index (κ3) is 3.35. The molecule has 0 heterocycles. The van der Waals surface area contributed by atoms with Crippen molar-refractivity contribution in [2.24, 2.45) is 5.73 Å². The monoisotopic (exact) mass is 241 g/mol. The Bertz CT molecular complexity index is 237. The molecular formula is C13H27N3O. The number of nitrogens with two attached hydrogens (primary N) is 1. The molecule has 0 saturated heterocycles. The molecule has 100 valence electrons. The molecule has 0 atom stereocenters. The van der Waals surface area contributed by atoms with Gasteiger partial charge in [0, 0.05) is 19.6 Å². The van der Waals surface area contributed by atoms with Crippen LogP contribution >= 0.6 is 0 Å². The maximum atomic E-state index is 12.2. The van der Waals surface area contributed by atoms with Gasteiger partial charge in [0.25, 0.3) is 0 Å². The first-order valence-electron chi connectivity index (χ1n) is 6.95. The summed E-state index contributed by atoms with van der Waals surface area (Å²) in [6.07, 6.45) is 6.64. The minimum Gasteiger partial charge on any atom is -0.338 e. The van der Waals surface area contributed by atoms with Gasteiger partial charge in [0.05, 0.1) is 5.54 Å². The van der Waals surface area contributed by atoms with E-state index < -0.39 is 0 Å². The molecule has 0 radical (unpaired) electrons. The number of nitrogens with one attached hydrogen (secondary N) is 1. The standard InChI is InChI=1S/C13H27N3O/c1-3-5-10-15-12(17)16(4-2)13(11-14)8-6-7-9-13/h3-11,14H2,1-2H3,(H,15,17). The SMILES string of the molecule is CCCCNC(=O)N(CC)C1(CN)CCCC1. The van der Waals surface area contributed by atoms with Crippen LogP contribution in [-0.4, -0.2) is 36.1 Å². The van der Waals surface area contributed by atoms with Crippen LogP contribution in [-0.2, 0) is 0 Å². The number of unbranched alkanes of at least 4 members (excludes halogenated alkanes) is 1. The van der Waals surface area contributed by atoms with Gasteiger partial charge in [0.2, 0.25) is 0 Å². The van der Waals surface area contributed by atoms with Gasteiger partial charge in [0.1, 0.15) is 0 Å². The normalized spacial score (nSPS) is 18.1. The smallest absolute Gasteiger partial charge is 0.317 e. The van der Waals surface area contributed by atoms with Crippen LogP contribution in [0.2, 0.25) is 0 Å². The highest BCUT2D eigenvalue weighted by molar-refractivity contribution is 5.75. The van der Waals surface area contributed by atoms with Crippen LogP contribution in [0.1, 0.15) is 52.4 Å². The minimum atomic E-state index is -0.0783. The van der Waals surface area contributed by atoms with Gasteiger partial charge in [-0.25, -0.2) is 4.79 Å². The average Bonchev–Trinajstić information content (AvgIpc) is 2.80. The van der Waals surface area contributed by atoms with Crippen molar-refractivity contribution in [2.45, 2.75) is 57.9 Å². The van der Waals surface area contributed by atoms with Gasteiger partial charge in [-0.15, -0.1) is 0 Å². The summed E-state index contributed by atoms with van der Waals surface area (Å²) in [6, 6.07) is 0.0632. The van der Waals surface area contributed by atoms with Crippen molar-refractivity contribution in [1.82, 2.24) is 10.2 Å². The molecule has 0 aromatic heterocycles. The third-order valence-corrected chi connectivity index (χ3v) is 3.85. The quantitative estimate of drug-likeness (QED) is 0.700. The zero-order valence-electron chi connectivity index (χ0n) is 11.3. The molecule has 0 aromatic carbocycles. The van der Waals surface area contributed by atoms with E-state index in [0.29, 0.717) is 6.54 Å². The van der Waals surface area contributed by atoms with Crippen molar-refractivity contribution in [3.05, 3.63) is 0 Å². The molecule has 0 spiro atoms. The van der Waals surface area contributed by atoms with E-state index in [0.717, 1.165) is 38.8 Å². The zero-order chi connectivity index (χ0) is 12.7. The highest BCUT2D eigenvalue weighted by Gasteiger charge is 2.40. The van der Waals surface area contributed by atoms with E-state index in [1.165, 1.54) is 12.8 Å². The zero-order valence-corrected chi connectivity index (χ0v) is 11.3. The van der Waals surface area contributed by atoms with Crippen molar-refractivity contribution < 1.29 is 4.79 Å². The first-order valence-corrected chi connectivity index (χ1v) is 6.95. The highest BCUT2D eigenvalue weighted by Crippen LogP contribution is 2.34. The number of rotatable bonds is 6. The summed E-state index contributed by atoms with van der Waals surface area (Å²) in [5.41, 5.74) is 5.84. The van der Waals surface area contributed by atoms with Gasteiger partial charge in [-0.05, 0) is 26.2 Å². The summed E-state index contributed by atoms with van der Waals surface area (Å²) >= 11 is 0. The number of likely N-dealkylation sites (N-methyl/N-ethyl adjacent to an activating group) is 1. The molecule has 0 aliphatic heterocycles. The Morgan fingerprint density at radius 1 is 1.35 bits per heavy atom. The van der Waals surface area contributed by atoms with E-state index in [1.54, 1.807) is 0 Å². The predicted octanol–water partition coefficient (Wildman–Crippen LogP) is 2.09. The van der Waals surface area contributed by atoms with Crippen LogP contribution < -0.4 is 11.1 Å². The number of hydrogen-bond acceptors (Lipinski definition) is 2. The van der Waals surface area contributed by atoms with Crippen molar-refractivity contribution in [3.8, 4) is 0 Å². The molecule has 17 heavy (non-hydrogen) atoms. The number of amides is 2. The number of carbonyl (C=O) groups excluding carboxylic acids is 1. The molecule has 1 aliphatic carbocycles. The first kappa shape index (κ1) is 14.3. The number of nitrogens with zero attached hydrogens (tertiary/aromatic N) is 1. The molecule has 4 heteroatoms. The Morgan fingerprint density at radius 3 is 2.47 bits per heavy atom. The van der Waals surface area contributed by atoms with E-state index in [9.17, 15) is 4.79 Å². The number of hydrogen-bond donors (Lipinski definition) is 2. The van der Waals surface area contributed by atoms with Gasteiger partial charge in [0.15, 0.2) is 0 Å². The Balaban J connectivity index is 2.59. The molecule has 2 amide bonds. The van der Waals surface area contributed by atoms with Crippen LogP contribution in [0.25, 0.3) is 0 Å². The molecule has 3 N–H and O–H groups in total. The topological polar surface area (TPSA) is 58.4 Å². The molecule has 1 saturated carbocycles. The van der Waals surface area contributed by atoms with Crippen LogP contribution in [0.4, 0.5) is 4.79 Å². The van der Waals surface area contributed by atoms with Gasteiger partial charge in [-0.2, -0.15) is 0 Å². The lowest BCUT2D eigenvalue weighted by Gasteiger charge is -2.40. The fourth-order valence-corrected chi connectivity index (χ4v) is 2.78. The van der Waals surface area contributed by atoms with E-state index in [4.69, 9.17) is 5.73 Å². The van der Waals surface area contributed by atoms with Crippen LogP contribution in [0, 0.1) is 0 Å². The fraction of sp³-hybridized carbons (Fsp3) is 0.923. The summed E-state index contributed by atoms with van der Waals surface area (Å²) in [7, 11) is 0. The summed E-state index contributed by atoms with van der Waals surface area (Å²) < 4.78 is 0. The molecule has 0 bridgehead atoms. The first-order chi connectivity index (χ1) is 8.20. The Kier molecular flexibility index (Phi) is 5.75. The lowest BCUT2D eigenvalue weighted by molar-refractivity contribution is 0.124. The fourth-order valence-electron chi connectivity index (χ4n) is 2.78. The average molecular weight is 241 g/mol. The molecular weight excluding hydrogens is 214 g/mol. The molecule has 0 aromatic rings. The molecule has 1 fully saturated rings. The maximum absolute atomic E-state index is 12.2. The van der Waals surface area contributed by atoms with E-state index >= 15 is 0 Å². The second-order valence-electron chi connectivity index (χ2n) is 4.97. The largest absolute Gasteiger partial charge is 0.338 e. The summed E-state index contributed by atoms with van der Waals surface area (Å²) in [6.45, 7) is 6.26. The molecule has 1 aliphatic rings.